The summed E-state index contributed by atoms with van der Waals surface area (Å²) >= 11 is 0. The number of benzene rings is 1. The smallest absolute Gasteiger partial charge is 0.278 e. The first-order chi connectivity index (χ1) is 13.6. The summed E-state index contributed by atoms with van der Waals surface area (Å²) < 4.78 is 2.93. The van der Waals surface area contributed by atoms with Gasteiger partial charge in [0.1, 0.15) is 6.54 Å². The van der Waals surface area contributed by atoms with Gasteiger partial charge in [-0.05, 0) is 26.3 Å². The van der Waals surface area contributed by atoms with Gasteiger partial charge in [-0.2, -0.15) is 10.2 Å². The summed E-state index contributed by atoms with van der Waals surface area (Å²) in [5.74, 6) is -0.261. The number of hydrogen-bond donors (Lipinski definition) is 1. The normalized spacial score (nSPS) is 13.0. The Labute approximate surface area is 173 Å². The Bertz CT molecular complexity index is 1080. The fourth-order valence-electron chi connectivity index (χ4n) is 3.28. The van der Waals surface area contributed by atoms with Crippen LogP contribution in [0.15, 0.2) is 41.5 Å². The third-order valence-electron chi connectivity index (χ3n) is 5.05. The maximum atomic E-state index is 12.7. The molecule has 0 aliphatic carbocycles. The van der Waals surface area contributed by atoms with Gasteiger partial charge in [0.15, 0.2) is 0 Å². The van der Waals surface area contributed by atoms with Crippen molar-refractivity contribution in [3.63, 3.8) is 0 Å². The van der Waals surface area contributed by atoms with Gasteiger partial charge in [0, 0.05) is 6.04 Å². The van der Waals surface area contributed by atoms with E-state index in [1.54, 1.807) is 10.9 Å². The molecule has 1 amide bonds. The van der Waals surface area contributed by atoms with Crippen LogP contribution in [0.5, 0.6) is 0 Å². The highest BCUT2D eigenvalue weighted by Crippen LogP contribution is 2.18. The lowest BCUT2D eigenvalue weighted by molar-refractivity contribution is -0.122. The third kappa shape index (κ3) is 4.47. The molecule has 0 spiro atoms. The monoisotopic (exact) mass is 389 g/mol. The lowest BCUT2D eigenvalue weighted by Gasteiger charge is -2.20. The zero-order valence-electron chi connectivity index (χ0n) is 17.9. The first-order valence-corrected chi connectivity index (χ1v) is 9.91. The zero-order chi connectivity index (χ0) is 21.3. The van der Waals surface area contributed by atoms with E-state index in [9.17, 15) is 9.59 Å². The third-order valence-corrected chi connectivity index (χ3v) is 5.05. The fraction of sp³-hybridized carbons (Fsp3) is 0.368. The molecule has 0 aliphatic heterocycles. The number of carbonyl (C=O) groups is 1. The molecular weight excluding hydrogens is 363 g/mol. The molecule has 29 heavy (non-hydrogen) atoms. The van der Waals surface area contributed by atoms with Crippen molar-refractivity contribution in [2.45, 2.75) is 44.5 Å². The molecule has 0 bridgehead atoms. The van der Waals surface area contributed by atoms with E-state index >= 15 is 0 Å². The fourth-order valence-corrected chi connectivity index (χ4v) is 3.28. The first kappa shape index (κ1) is 21.0. The molecule has 3 rings (SSSR count). The lowest BCUT2D eigenvalue weighted by Crippen LogP contribution is -2.35. The molecule has 1 atom stereocenters. The summed E-state index contributed by atoms with van der Waals surface area (Å²) in [6.07, 6.45) is 3.12. The van der Waals surface area contributed by atoms with Gasteiger partial charge < -0.3 is 5.32 Å². The van der Waals surface area contributed by atoms with E-state index in [1.165, 1.54) is 16.4 Å². The van der Waals surface area contributed by atoms with Crippen LogP contribution >= 0.6 is 0 Å². The second-order valence-electron chi connectivity index (χ2n) is 8.75. The van der Waals surface area contributed by atoms with Gasteiger partial charge in [-0.3, -0.25) is 14.3 Å². The number of rotatable bonds is 6. The zero-order valence-corrected chi connectivity index (χ0v) is 17.9. The minimum Gasteiger partial charge on any atom is -0.348 e. The van der Waals surface area contributed by atoms with Crippen molar-refractivity contribution >= 4 is 40.3 Å². The summed E-state index contributed by atoms with van der Waals surface area (Å²) in [6.45, 7) is 5.77. The molecule has 0 unspecified atom stereocenters. The van der Waals surface area contributed by atoms with Gasteiger partial charge in [0.2, 0.25) is 5.91 Å². The van der Waals surface area contributed by atoms with Gasteiger partial charge in [0.05, 0.1) is 52.9 Å². The number of hydrogen-bond acceptors (Lipinski definition) is 4. The highest BCUT2D eigenvalue weighted by Gasteiger charge is 2.17. The molecule has 2 heterocycles. The molecule has 0 saturated carbocycles. The molecule has 0 aliphatic rings. The standard InChI is InChI=1S/C19H26B3N5O2/c1-11(2)27-16-9-23-26(18(29)15(16)8-24-27)10-17(28)25-12(3)13-4-6-14(7-5-13)19(20,21)22/h4-9,11-12H,10,20-22H2,1-3H3,(H,25,28)/t12-/m0/s1. The molecule has 7 nitrogen and oxygen atoms in total. The van der Waals surface area contributed by atoms with Crippen LogP contribution in [0.3, 0.4) is 0 Å². The maximum Gasteiger partial charge on any atom is 0.278 e. The molecule has 3 aromatic rings. The number of carbonyl (C=O) groups excluding carboxylic acids is 1. The van der Waals surface area contributed by atoms with Gasteiger partial charge in [0.25, 0.3) is 5.56 Å². The lowest BCUT2D eigenvalue weighted by atomic mass is 9.40. The average Bonchev–Trinajstić information content (AvgIpc) is 3.08. The van der Waals surface area contributed by atoms with Gasteiger partial charge in [-0.1, -0.05) is 34.9 Å². The summed E-state index contributed by atoms with van der Waals surface area (Å²) in [5.41, 5.74) is 2.62. The minimum atomic E-state index is -0.313. The SMILES string of the molecule is BC(B)(B)c1ccc([C@H](C)NC(=O)Cn2ncc3c(cnn3C(C)C)c2=O)cc1. The van der Waals surface area contributed by atoms with E-state index in [2.05, 4.69) is 51.2 Å². The molecule has 1 N–H and O–H groups in total. The van der Waals surface area contributed by atoms with Gasteiger partial charge in [-0.25, -0.2) is 4.68 Å². The summed E-state index contributed by atoms with van der Waals surface area (Å²) in [5, 5.41) is 11.9. The van der Waals surface area contributed by atoms with E-state index in [1.807, 2.05) is 32.9 Å². The Morgan fingerprint density at radius 1 is 1.10 bits per heavy atom. The van der Waals surface area contributed by atoms with Crippen LogP contribution in [0, 0.1) is 0 Å². The second kappa shape index (κ2) is 7.93. The molecule has 2 aromatic heterocycles. The van der Waals surface area contributed by atoms with Crippen LogP contribution in [0.1, 0.15) is 44.0 Å². The van der Waals surface area contributed by atoms with Crippen LogP contribution in [0.25, 0.3) is 10.9 Å². The highest BCUT2D eigenvalue weighted by molar-refractivity contribution is 6.58. The second-order valence-corrected chi connectivity index (χ2v) is 8.75. The largest absolute Gasteiger partial charge is 0.348 e. The Morgan fingerprint density at radius 3 is 2.34 bits per heavy atom. The summed E-state index contributed by atoms with van der Waals surface area (Å²) in [6, 6.07) is 8.19. The van der Waals surface area contributed by atoms with E-state index in [0.29, 0.717) is 10.9 Å². The number of nitrogens with one attached hydrogen (secondary N) is 1. The Balaban J connectivity index is 1.72. The van der Waals surface area contributed by atoms with Crippen molar-refractivity contribution in [2.24, 2.45) is 0 Å². The molecule has 0 saturated heterocycles. The topological polar surface area (TPSA) is 81.8 Å². The Hall–Kier alpha value is -2.77. The maximum absolute atomic E-state index is 12.7. The van der Waals surface area contributed by atoms with E-state index in [4.69, 9.17) is 0 Å². The van der Waals surface area contributed by atoms with Crippen LogP contribution in [-0.2, 0) is 16.5 Å². The molecule has 1 aromatic carbocycles. The minimum absolute atomic E-state index is 0.0832. The Morgan fingerprint density at radius 2 is 1.76 bits per heavy atom. The van der Waals surface area contributed by atoms with Gasteiger partial charge in [-0.15, -0.1) is 0 Å². The van der Waals surface area contributed by atoms with E-state index in [-0.39, 0.29) is 35.2 Å². The Kier molecular flexibility index (Phi) is 5.73. The van der Waals surface area contributed by atoms with Crippen LogP contribution in [0.4, 0.5) is 0 Å². The van der Waals surface area contributed by atoms with Crippen molar-refractivity contribution in [3.8, 4) is 0 Å². The molecule has 0 fully saturated rings. The predicted molar refractivity (Wildman–Crippen MR) is 122 cm³/mol. The van der Waals surface area contributed by atoms with Gasteiger partial charge >= 0.3 is 0 Å². The van der Waals surface area contributed by atoms with Crippen molar-refractivity contribution in [1.82, 2.24) is 24.9 Å². The van der Waals surface area contributed by atoms with Crippen LogP contribution in [0.2, 0.25) is 0 Å². The average molecular weight is 389 g/mol. The van der Waals surface area contributed by atoms with Crippen molar-refractivity contribution in [3.05, 3.63) is 58.1 Å². The first-order valence-electron chi connectivity index (χ1n) is 9.91. The van der Waals surface area contributed by atoms with E-state index in [0.717, 1.165) is 5.56 Å². The van der Waals surface area contributed by atoms with Crippen LogP contribution < -0.4 is 10.9 Å². The summed E-state index contributed by atoms with van der Waals surface area (Å²) in [7, 11) is 6.50. The number of aromatic nitrogens is 4. The van der Waals surface area contributed by atoms with Crippen LogP contribution in [-0.4, -0.2) is 49.0 Å². The quantitative estimate of drug-likeness (QED) is 0.553. The number of nitrogens with zero attached hydrogens (tertiary/aromatic N) is 4. The molecule has 0 radical (unpaired) electrons. The molecule has 10 heteroatoms. The number of amides is 1. The summed E-state index contributed by atoms with van der Waals surface area (Å²) in [4.78, 5) is 25.1. The molecule has 148 valence electrons. The highest BCUT2D eigenvalue weighted by atomic mass is 16.2. The van der Waals surface area contributed by atoms with Crippen molar-refractivity contribution < 1.29 is 4.79 Å². The van der Waals surface area contributed by atoms with Crippen molar-refractivity contribution in [1.29, 1.82) is 0 Å². The number of fused-ring (bicyclic) bond motifs is 1. The van der Waals surface area contributed by atoms with E-state index < -0.39 is 0 Å². The van der Waals surface area contributed by atoms with Crippen molar-refractivity contribution in [2.75, 3.05) is 0 Å². The molecular formula is C19H26B3N5O2. The predicted octanol–water partition coefficient (Wildman–Crippen LogP) is -0.939.